The van der Waals surface area contributed by atoms with E-state index >= 15 is 0 Å². The number of likely N-dealkylation sites (tertiary alicyclic amines) is 1. The van der Waals surface area contributed by atoms with Gasteiger partial charge in [-0.3, -0.25) is 14.4 Å². The fourth-order valence-corrected chi connectivity index (χ4v) is 4.79. The largest absolute Gasteiger partial charge is 0.459 e. The molecule has 2 aliphatic heterocycles. The number of amides is 3. The van der Waals surface area contributed by atoms with Gasteiger partial charge in [0, 0.05) is 31.6 Å². The van der Waals surface area contributed by atoms with E-state index in [2.05, 4.69) is 38.1 Å². The van der Waals surface area contributed by atoms with Crippen LogP contribution in [0.2, 0.25) is 0 Å². The number of rotatable bonds is 6. The van der Waals surface area contributed by atoms with Crippen molar-refractivity contribution >= 4 is 34.8 Å². The third-order valence-electron chi connectivity index (χ3n) is 6.07. The van der Waals surface area contributed by atoms with Gasteiger partial charge < -0.3 is 14.6 Å². The smallest absolute Gasteiger partial charge is 0.289 e. The summed E-state index contributed by atoms with van der Waals surface area (Å²) in [6.07, 6.45) is 3.39. The Labute approximate surface area is 200 Å². The average Bonchev–Trinajstić information content (AvgIpc) is 3.40. The number of carbonyl (C=O) groups excluding carboxylic acids is 3. The normalized spacial score (nSPS) is 19.0. The highest BCUT2D eigenvalue weighted by atomic mass is 16.3. The molecule has 4 rings (SSSR count). The highest BCUT2D eigenvalue weighted by molar-refractivity contribution is 6.16. The fourth-order valence-electron chi connectivity index (χ4n) is 4.79. The summed E-state index contributed by atoms with van der Waals surface area (Å²) >= 11 is 0. The van der Waals surface area contributed by atoms with E-state index in [1.807, 2.05) is 0 Å². The molecule has 1 fully saturated rings. The second-order valence-electron chi connectivity index (χ2n) is 10.4. The number of hydrogen-bond acceptors (Lipinski definition) is 5. The van der Waals surface area contributed by atoms with Crippen molar-refractivity contribution in [1.29, 1.82) is 0 Å². The third-order valence-corrected chi connectivity index (χ3v) is 6.07. The Balaban J connectivity index is 1.40. The molecule has 8 nitrogen and oxygen atoms in total. The van der Waals surface area contributed by atoms with Crippen LogP contribution in [-0.2, 0) is 9.59 Å². The predicted octanol–water partition coefficient (Wildman–Crippen LogP) is 4.55. The Morgan fingerprint density at radius 2 is 2.03 bits per heavy atom. The molecule has 2 aliphatic rings. The quantitative estimate of drug-likeness (QED) is 0.679. The minimum Gasteiger partial charge on any atom is -0.459 e. The first-order valence-electron chi connectivity index (χ1n) is 11.7. The van der Waals surface area contributed by atoms with Crippen molar-refractivity contribution in [1.82, 2.24) is 4.90 Å². The maximum atomic E-state index is 13.2. The molecule has 2 aromatic rings. The molecule has 0 saturated carbocycles. The van der Waals surface area contributed by atoms with Crippen LogP contribution in [0.15, 0.2) is 52.2 Å². The van der Waals surface area contributed by atoms with Crippen LogP contribution in [0.25, 0.3) is 0 Å². The van der Waals surface area contributed by atoms with Crippen molar-refractivity contribution in [3.8, 4) is 0 Å². The first kappa shape index (κ1) is 23.7. The number of carbonyl (C=O) groups is 3. The Kier molecular flexibility index (Phi) is 6.59. The van der Waals surface area contributed by atoms with Gasteiger partial charge in [0.05, 0.1) is 23.6 Å². The summed E-state index contributed by atoms with van der Waals surface area (Å²) in [7, 11) is 0. The van der Waals surface area contributed by atoms with E-state index in [-0.39, 0.29) is 41.4 Å². The summed E-state index contributed by atoms with van der Waals surface area (Å²) in [5, 5.41) is 8.89. The van der Waals surface area contributed by atoms with E-state index in [0.717, 1.165) is 12.1 Å². The minimum absolute atomic E-state index is 0.0475. The molecule has 0 aliphatic carbocycles. The number of nitrogens with one attached hydrogen (secondary N) is 1. The van der Waals surface area contributed by atoms with Crippen molar-refractivity contribution in [3.05, 3.63) is 48.4 Å². The molecule has 3 heterocycles. The van der Waals surface area contributed by atoms with Crippen LogP contribution < -0.4 is 10.3 Å². The first-order valence-corrected chi connectivity index (χ1v) is 11.7. The molecular formula is C26H32N4O4. The average molecular weight is 465 g/mol. The first-order chi connectivity index (χ1) is 16.1. The molecule has 34 heavy (non-hydrogen) atoms. The number of hydrazone groups is 1. The van der Waals surface area contributed by atoms with Crippen LogP contribution in [0.1, 0.15) is 57.5 Å². The van der Waals surface area contributed by atoms with Gasteiger partial charge in [0.15, 0.2) is 5.76 Å². The molecule has 2 unspecified atom stereocenters. The number of fused-ring (bicyclic) bond motifs is 1. The number of hydrogen-bond donors (Lipinski definition) is 1. The molecule has 1 aromatic carbocycles. The Morgan fingerprint density at radius 3 is 2.74 bits per heavy atom. The van der Waals surface area contributed by atoms with Gasteiger partial charge in [0.2, 0.25) is 5.91 Å². The van der Waals surface area contributed by atoms with Crippen molar-refractivity contribution in [3.63, 3.8) is 0 Å². The van der Waals surface area contributed by atoms with Crippen molar-refractivity contribution in [2.24, 2.45) is 22.4 Å². The molecular weight excluding hydrogens is 432 g/mol. The molecule has 3 amide bonds. The van der Waals surface area contributed by atoms with Crippen LogP contribution in [0.5, 0.6) is 0 Å². The van der Waals surface area contributed by atoms with Gasteiger partial charge in [-0.2, -0.15) is 5.10 Å². The highest BCUT2D eigenvalue weighted by Gasteiger charge is 2.41. The van der Waals surface area contributed by atoms with E-state index in [4.69, 9.17) is 4.42 Å². The number of piperidine rings is 1. The van der Waals surface area contributed by atoms with Gasteiger partial charge in [0.1, 0.15) is 0 Å². The van der Waals surface area contributed by atoms with Crippen LogP contribution in [0, 0.1) is 17.3 Å². The molecule has 1 aromatic heterocycles. The maximum Gasteiger partial charge on any atom is 0.289 e. The van der Waals surface area contributed by atoms with Gasteiger partial charge in [0.25, 0.3) is 11.8 Å². The minimum atomic E-state index is -0.468. The SMILES string of the molecule is CC(CC(=O)Nc1cccc(N2N=C3CCN(C(=O)c4ccco4)CC3C2=O)c1)CC(C)(C)C. The lowest BCUT2D eigenvalue weighted by atomic mass is 9.84. The summed E-state index contributed by atoms with van der Waals surface area (Å²) in [4.78, 5) is 40.0. The zero-order chi connectivity index (χ0) is 24.5. The lowest BCUT2D eigenvalue weighted by Crippen LogP contribution is -2.46. The highest BCUT2D eigenvalue weighted by Crippen LogP contribution is 2.31. The van der Waals surface area contributed by atoms with Gasteiger partial charge in [-0.15, -0.1) is 0 Å². The van der Waals surface area contributed by atoms with E-state index in [1.165, 1.54) is 11.3 Å². The lowest BCUT2D eigenvalue weighted by molar-refractivity contribution is -0.120. The Hall–Kier alpha value is -3.42. The van der Waals surface area contributed by atoms with Crippen LogP contribution in [-0.4, -0.2) is 41.4 Å². The fraction of sp³-hybridized carbons (Fsp3) is 0.462. The van der Waals surface area contributed by atoms with Crippen molar-refractivity contribution in [2.45, 2.75) is 47.0 Å². The molecule has 180 valence electrons. The molecule has 0 bridgehead atoms. The number of benzene rings is 1. The zero-order valence-corrected chi connectivity index (χ0v) is 20.2. The van der Waals surface area contributed by atoms with Gasteiger partial charge in [-0.1, -0.05) is 33.8 Å². The topological polar surface area (TPSA) is 95.2 Å². The van der Waals surface area contributed by atoms with Gasteiger partial charge in [-0.25, -0.2) is 5.01 Å². The van der Waals surface area contributed by atoms with Gasteiger partial charge in [-0.05, 0) is 48.1 Å². The van der Waals surface area contributed by atoms with Crippen LogP contribution in [0.4, 0.5) is 11.4 Å². The molecule has 0 radical (unpaired) electrons. The van der Waals surface area contributed by atoms with Crippen LogP contribution >= 0.6 is 0 Å². The zero-order valence-electron chi connectivity index (χ0n) is 20.2. The molecule has 8 heteroatoms. The second-order valence-corrected chi connectivity index (χ2v) is 10.4. The Bertz CT molecular complexity index is 1100. The predicted molar refractivity (Wildman–Crippen MR) is 131 cm³/mol. The monoisotopic (exact) mass is 464 g/mol. The summed E-state index contributed by atoms with van der Waals surface area (Å²) in [5.74, 6) is -0.375. The van der Waals surface area contributed by atoms with Gasteiger partial charge >= 0.3 is 0 Å². The standard InChI is InChI=1S/C26H32N4O4/c1-17(15-26(2,3)4)13-23(31)27-18-7-5-8-19(14-18)30-24(32)20-16-29(11-10-21(20)28-30)25(33)22-9-6-12-34-22/h5-9,12,14,17,20H,10-11,13,15-16H2,1-4H3,(H,27,31). The number of anilines is 2. The van der Waals surface area contributed by atoms with E-state index in [9.17, 15) is 14.4 Å². The molecule has 1 saturated heterocycles. The number of furan rings is 1. The maximum absolute atomic E-state index is 13.2. The molecule has 1 N–H and O–H groups in total. The second kappa shape index (κ2) is 9.44. The summed E-state index contributed by atoms with van der Waals surface area (Å²) in [6, 6.07) is 10.5. The van der Waals surface area contributed by atoms with Crippen LogP contribution in [0.3, 0.4) is 0 Å². The van der Waals surface area contributed by atoms with E-state index in [1.54, 1.807) is 41.3 Å². The molecule has 2 atom stereocenters. The number of nitrogens with zero attached hydrogens (tertiary/aromatic N) is 3. The summed E-state index contributed by atoms with van der Waals surface area (Å²) in [5.41, 5.74) is 2.17. The summed E-state index contributed by atoms with van der Waals surface area (Å²) in [6.45, 7) is 9.35. The Morgan fingerprint density at radius 1 is 1.24 bits per heavy atom. The van der Waals surface area contributed by atoms with E-state index < -0.39 is 5.92 Å². The van der Waals surface area contributed by atoms with Crippen molar-refractivity contribution < 1.29 is 18.8 Å². The van der Waals surface area contributed by atoms with E-state index in [0.29, 0.717) is 30.8 Å². The molecule has 0 spiro atoms. The third kappa shape index (κ3) is 5.38. The summed E-state index contributed by atoms with van der Waals surface area (Å²) < 4.78 is 5.22. The lowest BCUT2D eigenvalue weighted by Gasteiger charge is -2.29. The van der Waals surface area contributed by atoms with Crippen molar-refractivity contribution in [2.75, 3.05) is 23.4 Å².